The molecule has 0 unspecified atom stereocenters. The Kier molecular flexibility index (Phi) is 2.63. The van der Waals surface area contributed by atoms with Crippen LogP contribution >= 0.6 is 0 Å². The number of benzene rings is 1. The lowest BCUT2D eigenvalue weighted by Crippen LogP contribution is -2.47. The van der Waals surface area contributed by atoms with Gasteiger partial charge in [-0.3, -0.25) is 14.5 Å². The highest BCUT2D eigenvalue weighted by Gasteiger charge is 2.55. The minimum Gasteiger partial charge on any atom is -0.493 e. The van der Waals surface area contributed by atoms with E-state index in [2.05, 4.69) is 5.32 Å². The molecule has 0 aliphatic carbocycles. The van der Waals surface area contributed by atoms with Gasteiger partial charge in [0, 0.05) is 12.0 Å². The van der Waals surface area contributed by atoms with Gasteiger partial charge < -0.3 is 15.2 Å². The molecule has 2 aliphatic heterocycles. The van der Waals surface area contributed by atoms with Crippen LogP contribution in [0.4, 0.5) is 4.79 Å². The van der Waals surface area contributed by atoms with Crippen LogP contribution in [0, 0.1) is 0 Å². The molecule has 0 saturated carbocycles. The summed E-state index contributed by atoms with van der Waals surface area (Å²) in [5.74, 6) is -1.24. The number of carbonyl (C=O) groups is 3. The Hall–Kier alpha value is -2.57. The third kappa shape index (κ3) is 1.63. The largest absolute Gasteiger partial charge is 0.493 e. The van der Waals surface area contributed by atoms with Crippen LogP contribution in [0.25, 0.3) is 0 Å². The number of aliphatic carboxylic acids is 1. The van der Waals surface area contributed by atoms with Crippen LogP contribution < -0.4 is 10.1 Å². The van der Waals surface area contributed by atoms with Crippen LogP contribution in [-0.4, -0.2) is 41.1 Å². The van der Waals surface area contributed by atoms with Crippen LogP contribution in [0.2, 0.25) is 0 Å². The number of hydrogen-bond donors (Lipinski definition) is 2. The maximum absolute atomic E-state index is 12.5. The van der Waals surface area contributed by atoms with Crippen LogP contribution in [0.5, 0.6) is 5.75 Å². The number of rotatable bonds is 2. The predicted molar refractivity (Wildman–Crippen MR) is 66.1 cm³/mol. The molecule has 7 heteroatoms. The highest BCUT2D eigenvalue weighted by molar-refractivity contribution is 6.09. The number of amides is 3. The summed E-state index contributed by atoms with van der Waals surface area (Å²) in [4.78, 5) is 35.9. The van der Waals surface area contributed by atoms with E-state index in [1.807, 2.05) is 0 Å². The van der Waals surface area contributed by atoms with Crippen LogP contribution in [0.3, 0.4) is 0 Å². The van der Waals surface area contributed by atoms with E-state index in [1.165, 1.54) is 0 Å². The molecule has 2 heterocycles. The summed E-state index contributed by atoms with van der Waals surface area (Å²) in [5.41, 5.74) is -0.640. The van der Waals surface area contributed by atoms with E-state index >= 15 is 0 Å². The first-order valence-electron chi connectivity index (χ1n) is 6.13. The molecular formula is C13H12N2O5. The summed E-state index contributed by atoms with van der Waals surface area (Å²) < 4.78 is 5.47. The van der Waals surface area contributed by atoms with E-state index in [9.17, 15) is 14.4 Å². The van der Waals surface area contributed by atoms with Crippen molar-refractivity contribution >= 4 is 17.9 Å². The normalized spacial score (nSPS) is 24.3. The van der Waals surface area contributed by atoms with Gasteiger partial charge in [-0.1, -0.05) is 18.2 Å². The monoisotopic (exact) mass is 276 g/mol. The highest BCUT2D eigenvalue weighted by atomic mass is 16.5. The second-order valence-electron chi connectivity index (χ2n) is 4.72. The molecule has 1 atom stereocenters. The maximum Gasteiger partial charge on any atom is 0.325 e. The van der Waals surface area contributed by atoms with Crippen LogP contribution in [0.15, 0.2) is 24.3 Å². The number of imide groups is 1. The lowest BCUT2D eigenvalue weighted by atomic mass is 9.84. The lowest BCUT2D eigenvalue weighted by molar-refractivity contribution is -0.143. The zero-order valence-electron chi connectivity index (χ0n) is 10.5. The van der Waals surface area contributed by atoms with Gasteiger partial charge in [0.1, 0.15) is 12.3 Å². The summed E-state index contributed by atoms with van der Waals surface area (Å²) in [6, 6.07) is 6.25. The predicted octanol–water partition coefficient (Wildman–Crippen LogP) is 0.301. The zero-order chi connectivity index (χ0) is 14.3. The van der Waals surface area contributed by atoms with Crippen molar-refractivity contribution in [3.05, 3.63) is 29.8 Å². The molecule has 2 aliphatic rings. The molecule has 1 spiro atoms. The van der Waals surface area contributed by atoms with E-state index in [4.69, 9.17) is 9.84 Å². The van der Waals surface area contributed by atoms with Crippen LogP contribution in [0.1, 0.15) is 12.0 Å². The average molecular weight is 276 g/mol. The molecule has 1 aromatic carbocycles. The van der Waals surface area contributed by atoms with Crippen LogP contribution in [-0.2, 0) is 15.1 Å². The smallest absolute Gasteiger partial charge is 0.325 e. The number of nitrogens with one attached hydrogen (secondary N) is 1. The van der Waals surface area contributed by atoms with E-state index in [0.717, 1.165) is 4.90 Å². The minimum absolute atomic E-state index is 0.282. The summed E-state index contributed by atoms with van der Waals surface area (Å²) in [5, 5.41) is 11.4. The maximum atomic E-state index is 12.5. The molecule has 7 nitrogen and oxygen atoms in total. The van der Waals surface area contributed by atoms with Crippen molar-refractivity contribution in [3.63, 3.8) is 0 Å². The van der Waals surface area contributed by atoms with E-state index < -0.39 is 30.0 Å². The van der Waals surface area contributed by atoms with Gasteiger partial charge in [0.15, 0.2) is 5.54 Å². The number of carboxylic acid groups (broad SMARTS) is 1. The molecule has 0 bridgehead atoms. The zero-order valence-corrected chi connectivity index (χ0v) is 10.5. The molecule has 3 amide bonds. The number of carboxylic acids is 1. The standard InChI is InChI=1S/C13H12N2O5/c16-10(17)7-15-11(18)13(14-12(15)19)5-6-20-9-4-2-1-3-8(9)13/h1-4H,5-7H2,(H,14,19)(H,16,17)/t13-/m0/s1. The number of hydrogen-bond acceptors (Lipinski definition) is 4. The topological polar surface area (TPSA) is 95.9 Å². The van der Waals surface area contributed by atoms with Crippen molar-refractivity contribution in [3.8, 4) is 5.75 Å². The molecule has 0 aromatic heterocycles. The molecule has 20 heavy (non-hydrogen) atoms. The summed E-state index contributed by atoms with van der Waals surface area (Å²) in [6.45, 7) is -0.362. The fourth-order valence-electron chi connectivity index (χ4n) is 2.65. The van der Waals surface area contributed by atoms with Gasteiger partial charge in [-0.15, -0.1) is 0 Å². The van der Waals surface area contributed by atoms with Gasteiger partial charge in [0.2, 0.25) is 0 Å². The Morgan fingerprint density at radius 1 is 1.40 bits per heavy atom. The number of urea groups is 1. The second-order valence-corrected chi connectivity index (χ2v) is 4.72. The Morgan fingerprint density at radius 3 is 2.90 bits per heavy atom. The third-order valence-electron chi connectivity index (χ3n) is 3.55. The van der Waals surface area contributed by atoms with E-state index in [1.54, 1.807) is 24.3 Å². The number of para-hydroxylation sites is 1. The number of carbonyl (C=O) groups excluding carboxylic acids is 2. The summed E-state index contributed by atoms with van der Waals surface area (Å²) in [6.07, 6.45) is 0.282. The van der Waals surface area contributed by atoms with Gasteiger partial charge in [0.25, 0.3) is 5.91 Å². The molecule has 1 saturated heterocycles. The molecule has 104 valence electrons. The first kappa shape index (κ1) is 12.5. The number of ether oxygens (including phenoxy) is 1. The number of nitrogens with zero attached hydrogens (tertiary/aromatic N) is 1. The SMILES string of the molecule is O=C(O)CN1C(=O)N[C@]2(CCOc3ccccc32)C1=O. The second kappa shape index (κ2) is 4.22. The van der Waals surface area contributed by atoms with Gasteiger partial charge in [-0.25, -0.2) is 4.79 Å². The van der Waals surface area contributed by atoms with Gasteiger partial charge in [0.05, 0.1) is 6.61 Å². The summed E-state index contributed by atoms with van der Waals surface area (Å²) in [7, 11) is 0. The fraction of sp³-hybridized carbons (Fsp3) is 0.308. The highest BCUT2D eigenvalue weighted by Crippen LogP contribution is 2.40. The minimum atomic E-state index is -1.23. The molecule has 0 radical (unpaired) electrons. The number of fused-ring (bicyclic) bond motifs is 2. The Labute approximate surface area is 114 Å². The van der Waals surface area contributed by atoms with Gasteiger partial charge >= 0.3 is 12.0 Å². The lowest BCUT2D eigenvalue weighted by Gasteiger charge is -2.33. The molecular weight excluding hydrogens is 264 g/mol. The third-order valence-corrected chi connectivity index (χ3v) is 3.55. The van der Waals surface area contributed by atoms with Crippen molar-refractivity contribution in [1.29, 1.82) is 0 Å². The van der Waals surface area contributed by atoms with Gasteiger partial charge in [-0.05, 0) is 6.07 Å². The Morgan fingerprint density at radius 2 is 2.15 bits per heavy atom. The molecule has 3 rings (SSSR count). The van der Waals surface area contributed by atoms with E-state index in [0.29, 0.717) is 11.3 Å². The van der Waals surface area contributed by atoms with Crippen molar-refractivity contribution in [1.82, 2.24) is 10.2 Å². The van der Waals surface area contributed by atoms with Crippen molar-refractivity contribution < 1.29 is 24.2 Å². The quantitative estimate of drug-likeness (QED) is 0.757. The molecule has 1 aromatic rings. The van der Waals surface area contributed by atoms with E-state index in [-0.39, 0.29) is 13.0 Å². The molecule has 2 N–H and O–H groups in total. The van der Waals surface area contributed by atoms with Crippen molar-refractivity contribution in [2.75, 3.05) is 13.2 Å². The summed E-state index contributed by atoms with van der Waals surface area (Å²) >= 11 is 0. The fourth-order valence-corrected chi connectivity index (χ4v) is 2.65. The van der Waals surface area contributed by atoms with Crippen molar-refractivity contribution in [2.24, 2.45) is 0 Å². The Bertz CT molecular complexity index is 615. The van der Waals surface area contributed by atoms with Gasteiger partial charge in [-0.2, -0.15) is 0 Å². The Balaban J connectivity index is 2.05. The first-order chi connectivity index (χ1) is 9.54. The van der Waals surface area contributed by atoms with Crippen molar-refractivity contribution in [2.45, 2.75) is 12.0 Å². The molecule has 1 fully saturated rings. The first-order valence-corrected chi connectivity index (χ1v) is 6.13. The average Bonchev–Trinajstić information content (AvgIpc) is 2.64.